The lowest BCUT2D eigenvalue weighted by molar-refractivity contribution is 0.233. The Hall–Kier alpha value is 0.177. The van der Waals surface area contributed by atoms with Gasteiger partial charge in [0.2, 0.25) is 8.32 Å². The summed E-state index contributed by atoms with van der Waals surface area (Å²) in [5.41, 5.74) is 0. The van der Waals surface area contributed by atoms with Crippen molar-refractivity contribution in [1.29, 1.82) is 0 Å². The Labute approximate surface area is 110 Å². The van der Waals surface area contributed by atoms with Crippen LogP contribution in [0.2, 0.25) is 15.1 Å². The fraction of sp³-hybridized carbons (Fsp3) is 1.00. The molecule has 0 aliphatic carbocycles. The van der Waals surface area contributed by atoms with Gasteiger partial charge in [-0.2, -0.15) is 0 Å². The van der Waals surface area contributed by atoms with Gasteiger partial charge in [0.15, 0.2) is 0 Å². The van der Waals surface area contributed by atoms with Crippen LogP contribution in [0.3, 0.4) is 0 Å². The predicted molar refractivity (Wildman–Crippen MR) is 81.1 cm³/mol. The third-order valence-electron chi connectivity index (χ3n) is 3.69. The first kappa shape index (κ1) is 17.2. The molecule has 0 saturated heterocycles. The molecule has 0 rings (SSSR count). The zero-order chi connectivity index (χ0) is 14.1. The van der Waals surface area contributed by atoms with Crippen molar-refractivity contribution in [2.75, 3.05) is 6.61 Å². The van der Waals surface area contributed by atoms with Gasteiger partial charge >= 0.3 is 0 Å². The van der Waals surface area contributed by atoms with E-state index in [1.54, 1.807) is 0 Å². The topological polar surface area (TPSA) is 9.23 Å². The Morgan fingerprint density at radius 1 is 0.706 bits per heavy atom. The first-order valence-electron chi connectivity index (χ1n) is 6.95. The average molecular weight is 259 g/mol. The molecule has 2 heteroatoms. The zero-order valence-corrected chi connectivity index (χ0v) is 14.8. The average Bonchev–Trinajstić information content (AvgIpc) is 1.96. The smallest absolute Gasteiger partial charge is 0.208 e. The van der Waals surface area contributed by atoms with E-state index in [2.05, 4.69) is 69.2 Å². The van der Waals surface area contributed by atoms with Gasteiger partial charge in [-0.3, -0.25) is 0 Å². The fourth-order valence-electron chi connectivity index (χ4n) is 4.28. The fourth-order valence-corrected chi connectivity index (χ4v) is 12.8. The Bertz CT molecular complexity index is 201. The first-order valence-corrected chi connectivity index (χ1v) is 8.86. The van der Waals surface area contributed by atoms with Gasteiger partial charge in [-0.15, -0.1) is 0 Å². The van der Waals surface area contributed by atoms with Crippen molar-refractivity contribution < 1.29 is 4.43 Å². The molecule has 0 aliphatic heterocycles. The SMILES string of the molecule is CCCO[Si](C(C)(C)C)(C(C)(C)C)C(C)(C)C. The molecule has 1 nitrogen and oxygen atoms in total. The van der Waals surface area contributed by atoms with Crippen LogP contribution in [0.25, 0.3) is 0 Å². The van der Waals surface area contributed by atoms with Crippen molar-refractivity contribution in [3.63, 3.8) is 0 Å². The summed E-state index contributed by atoms with van der Waals surface area (Å²) in [6.45, 7) is 24.4. The molecule has 17 heavy (non-hydrogen) atoms. The molecular weight excluding hydrogens is 224 g/mol. The van der Waals surface area contributed by atoms with Gasteiger partial charge in [0.25, 0.3) is 0 Å². The monoisotopic (exact) mass is 258 g/mol. The molecule has 0 saturated carbocycles. The van der Waals surface area contributed by atoms with E-state index < -0.39 is 8.32 Å². The van der Waals surface area contributed by atoms with Gasteiger partial charge in [0, 0.05) is 6.61 Å². The maximum Gasteiger partial charge on any atom is 0.208 e. The number of rotatable bonds is 3. The van der Waals surface area contributed by atoms with Gasteiger partial charge in [-0.05, 0) is 21.5 Å². The summed E-state index contributed by atoms with van der Waals surface area (Å²) in [4.78, 5) is 0. The van der Waals surface area contributed by atoms with Crippen molar-refractivity contribution in [1.82, 2.24) is 0 Å². The van der Waals surface area contributed by atoms with Crippen LogP contribution in [0.15, 0.2) is 0 Å². The second-order valence-corrected chi connectivity index (χ2v) is 14.4. The van der Waals surface area contributed by atoms with E-state index in [-0.39, 0.29) is 15.1 Å². The first-order chi connectivity index (χ1) is 7.31. The summed E-state index contributed by atoms with van der Waals surface area (Å²) < 4.78 is 6.61. The predicted octanol–water partition coefficient (Wildman–Crippen LogP) is 5.76. The maximum atomic E-state index is 6.61. The minimum Gasteiger partial charge on any atom is -0.415 e. The molecule has 0 unspecified atom stereocenters. The van der Waals surface area contributed by atoms with E-state index in [0.717, 1.165) is 13.0 Å². The highest BCUT2D eigenvalue weighted by Gasteiger charge is 2.61. The summed E-state index contributed by atoms with van der Waals surface area (Å²) in [6, 6.07) is 0. The molecule has 0 amide bonds. The molecule has 0 aromatic heterocycles. The van der Waals surface area contributed by atoms with E-state index in [1.807, 2.05) is 0 Å². The van der Waals surface area contributed by atoms with Crippen molar-refractivity contribution in [2.45, 2.75) is 90.8 Å². The van der Waals surface area contributed by atoms with E-state index in [0.29, 0.717) is 0 Å². The van der Waals surface area contributed by atoms with Crippen molar-refractivity contribution in [2.24, 2.45) is 0 Å². The van der Waals surface area contributed by atoms with Crippen LogP contribution in [0.5, 0.6) is 0 Å². The highest BCUT2D eigenvalue weighted by Crippen LogP contribution is 2.62. The normalized spacial score (nSPS) is 15.2. The lowest BCUT2D eigenvalue weighted by Gasteiger charge is -2.58. The molecule has 0 aromatic carbocycles. The van der Waals surface area contributed by atoms with Crippen LogP contribution in [-0.2, 0) is 4.43 Å². The highest BCUT2D eigenvalue weighted by molar-refractivity contribution is 6.82. The molecule has 0 heterocycles. The van der Waals surface area contributed by atoms with E-state index in [1.165, 1.54) is 0 Å². The molecule has 0 fully saturated rings. The molecular formula is C15H34OSi. The van der Waals surface area contributed by atoms with Crippen molar-refractivity contribution in [3.05, 3.63) is 0 Å². The van der Waals surface area contributed by atoms with Gasteiger partial charge < -0.3 is 4.43 Å². The van der Waals surface area contributed by atoms with Crippen LogP contribution >= 0.6 is 0 Å². The molecule has 0 bridgehead atoms. The Balaban J connectivity index is 5.75. The van der Waals surface area contributed by atoms with Crippen molar-refractivity contribution >= 4 is 8.32 Å². The summed E-state index contributed by atoms with van der Waals surface area (Å²) in [5, 5.41) is 0.746. The Morgan fingerprint density at radius 3 is 1.18 bits per heavy atom. The molecule has 104 valence electrons. The minimum atomic E-state index is -1.92. The van der Waals surface area contributed by atoms with E-state index in [4.69, 9.17) is 4.43 Å². The van der Waals surface area contributed by atoms with Crippen molar-refractivity contribution in [3.8, 4) is 0 Å². The van der Waals surface area contributed by atoms with E-state index in [9.17, 15) is 0 Å². The van der Waals surface area contributed by atoms with Gasteiger partial charge in [-0.25, -0.2) is 0 Å². The molecule has 0 radical (unpaired) electrons. The lowest BCUT2D eigenvalue weighted by atomic mass is 10.2. The van der Waals surface area contributed by atoms with Crippen LogP contribution in [0.1, 0.15) is 75.7 Å². The standard InChI is InChI=1S/C15H34OSi/c1-11-12-16-17(13(2,3)4,14(5,6)7)15(8,9)10/h11-12H2,1-10H3. The zero-order valence-electron chi connectivity index (χ0n) is 13.8. The van der Waals surface area contributed by atoms with Crippen LogP contribution in [0.4, 0.5) is 0 Å². The quantitative estimate of drug-likeness (QED) is 0.585. The second kappa shape index (κ2) is 5.04. The molecule has 0 atom stereocenters. The minimum absolute atomic E-state index is 0.249. The second-order valence-electron chi connectivity index (χ2n) is 8.28. The largest absolute Gasteiger partial charge is 0.415 e. The lowest BCUT2D eigenvalue weighted by Crippen LogP contribution is -2.60. The van der Waals surface area contributed by atoms with Gasteiger partial charge in [0.05, 0.1) is 0 Å². The summed E-state index contributed by atoms with van der Waals surface area (Å²) in [7, 11) is -1.92. The third-order valence-corrected chi connectivity index (χ3v) is 10.7. The summed E-state index contributed by atoms with van der Waals surface area (Å²) in [5.74, 6) is 0. The third kappa shape index (κ3) is 3.14. The molecule has 0 spiro atoms. The number of hydrogen-bond donors (Lipinski definition) is 0. The van der Waals surface area contributed by atoms with E-state index >= 15 is 0 Å². The summed E-state index contributed by atoms with van der Waals surface area (Å²) in [6.07, 6.45) is 1.11. The maximum absolute atomic E-state index is 6.61. The molecule has 0 aliphatic rings. The van der Waals surface area contributed by atoms with Gasteiger partial charge in [-0.1, -0.05) is 69.2 Å². The highest BCUT2D eigenvalue weighted by atomic mass is 28.4. The van der Waals surface area contributed by atoms with Gasteiger partial charge in [0.1, 0.15) is 0 Å². The van der Waals surface area contributed by atoms with Crippen LogP contribution in [-0.4, -0.2) is 14.9 Å². The van der Waals surface area contributed by atoms with Crippen LogP contribution in [0, 0.1) is 0 Å². The van der Waals surface area contributed by atoms with Crippen LogP contribution < -0.4 is 0 Å². The molecule has 0 aromatic rings. The Kier molecular flexibility index (Phi) is 5.10. The summed E-state index contributed by atoms with van der Waals surface area (Å²) >= 11 is 0. The molecule has 0 N–H and O–H groups in total. The Morgan fingerprint density at radius 2 is 1.00 bits per heavy atom. The number of hydrogen-bond acceptors (Lipinski definition) is 1.